The van der Waals surface area contributed by atoms with Gasteiger partial charge < -0.3 is 10.6 Å². The van der Waals surface area contributed by atoms with E-state index in [-0.39, 0.29) is 5.91 Å². The first-order valence-electron chi connectivity index (χ1n) is 4.37. The third-order valence-corrected chi connectivity index (χ3v) is 2.12. The van der Waals surface area contributed by atoms with E-state index >= 15 is 0 Å². The summed E-state index contributed by atoms with van der Waals surface area (Å²) in [5, 5.41) is 6.09. The lowest BCUT2D eigenvalue weighted by atomic mass is 10.1. The Kier molecular flexibility index (Phi) is 4.00. The topological polar surface area (TPSA) is 41.1 Å². The van der Waals surface area contributed by atoms with Gasteiger partial charge in [0, 0.05) is 13.0 Å². The molecule has 0 aromatic carbocycles. The minimum absolute atomic E-state index is 0.0365. The largest absolute Gasteiger partial charge is 0.362 e. The average Bonchev–Trinajstić information content (AvgIpc) is 2.02. The van der Waals surface area contributed by atoms with Crippen LogP contribution in [0, 0.1) is 0 Å². The molecule has 0 unspecified atom stereocenters. The summed E-state index contributed by atoms with van der Waals surface area (Å²) in [5.74, 6) is 0.0365. The van der Waals surface area contributed by atoms with Crippen LogP contribution in [0.2, 0.25) is 0 Å². The van der Waals surface area contributed by atoms with Crippen molar-refractivity contribution in [1.82, 2.24) is 10.6 Å². The van der Waals surface area contributed by atoms with Gasteiger partial charge in [0.2, 0.25) is 5.91 Å². The fraction of sp³-hybridized carbons (Fsp3) is 0.750. The second-order valence-corrected chi connectivity index (χ2v) is 3.38. The highest BCUT2D eigenvalue weighted by atomic mass is 32.1. The van der Waals surface area contributed by atoms with E-state index in [9.17, 15) is 4.79 Å². The maximum absolute atomic E-state index is 11.1. The van der Waals surface area contributed by atoms with Crippen molar-refractivity contribution in [3.8, 4) is 0 Å². The second-order valence-electron chi connectivity index (χ2n) is 2.97. The smallest absolute Gasteiger partial charge is 0.226 e. The molecule has 0 aliphatic carbocycles. The lowest BCUT2D eigenvalue weighted by Crippen LogP contribution is -2.39. The van der Waals surface area contributed by atoms with Crippen LogP contribution in [-0.4, -0.2) is 17.6 Å². The molecule has 1 heterocycles. The van der Waals surface area contributed by atoms with E-state index in [1.54, 1.807) is 0 Å². The van der Waals surface area contributed by atoms with E-state index < -0.39 is 0 Å². The molecule has 1 rings (SSSR count). The van der Waals surface area contributed by atoms with Crippen LogP contribution in [0.25, 0.3) is 0 Å². The predicted molar refractivity (Wildman–Crippen MR) is 51.8 cm³/mol. The standard InChI is InChI=1S/C8H14N2OS/c11-7-5-3-1-2-4-6-9-8(12)10-7/h1-6H2,(H2,9,10,11,12). The van der Waals surface area contributed by atoms with E-state index in [1.807, 2.05) is 0 Å². The summed E-state index contributed by atoms with van der Waals surface area (Å²) in [5.41, 5.74) is 0. The lowest BCUT2D eigenvalue weighted by molar-refractivity contribution is -0.119. The average molecular weight is 186 g/mol. The van der Waals surface area contributed by atoms with Gasteiger partial charge in [0.05, 0.1) is 0 Å². The quantitative estimate of drug-likeness (QED) is 0.553. The van der Waals surface area contributed by atoms with Crippen molar-refractivity contribution in [1.29, 1.82) is 0 Å². The highest BCUT2D eigenvalue weighted by Crippen LogP contribution is 2.03. The van der Waals surface area contributed by atoms with Gasteiger partial charge in [-0.2, -0.15) is 0 Å². The predicted octanol–water partition coefficient (Wildman–Crippen LogP) is 0.941. The van der Waals surface area contributed by atoms with Crippen molar-refractivity contribution < 1.29 is 4.79 Å². The minimum Gasteiger partial charge on any atom is -0.362 e. The van der Waals surface area contributed by atoms with Crippen molar-refractivity contribution in [3.05, 3.63) is 0 Å². The summed E-state index contributed by atoms with van der Waals surface area (Å²) in [6.45, 7) is 0.874. The van der Waals surface area contributed by atoms with Crippen molar-refractivity contribution in [2.24, 2.45) is 0 Å². The number of amides is 1. The Bertz CT molecular complexity index is 164. The van der Waals surface area contributed by atoms with Crippen LogP contribution in [0.15, 0.2) is 0 Å². The molecule has 1 amide bonds. The zero-order valence-corrected chi connectivity index (χ0v) is 7.88. The Hall–Kier alpha value is -0.640. The maximum atomic E-state index is 11.1. The van der Waals surface area contributed by atoms with Crippen LogP contribution < -0.4 is 10.6 Å². The van der Waals surface area contributed by atoms with E-state index in [1.165, 1.54) is 6.42 Å². The van der Waals surface area contributed by atoms with Crippen LogP contribution in [0.4, 0.5) is 0 Å². The molecule has 68 valence electrons. The van der Waals surface area contributed by atoms with Gasteiger partial charge in [0.25, 0.3) is 0 Å². The number of carbonyl (C=O) groups is 1. The second kappa shape index (κ2) is 5.09. The summed E-state index contributed by atoms with van der Waals surface area (Å²) in [6.07, 6.45) is 5.04. The zero-order chi connectivity index (χ0) is 8.81. The van der Waals surface area contributed by atoms with Gasteiger partial charge >= 0.3 is 0 Å². The maximum Gasteiger partial charge on any atom is 0.226 e. The van der Waals surface area contributed by atoms with Crippen LogP contribution in [0.1, 0.15) is 32.1 Å². The van der Waals surface area contributed by atoms with Gasteiger partial charge in [-0.05, 0) is 25.1 Å². The van der Waals surface area contributed by atoms with Gasteiger partial charge in [0.1, 0.15) is 0 Å². The van der Waals surface area contributed by atoms with Crippen molar-refractivity contribution in [3.63, 3.8) is 0 Å². The zero-order valence-electron chi connectivity index (χ0n) is 7.06. The molecule has 0 atom stereocenters. The van der Waals surface area contributed by atoms with Crippen molar-refractivity contribution in [2.75, 3.05) is 6.54 Å². The summed E-state index contributed by atoms with van der Waals surface area (Å²) in [7, 11) is 0. The van der Waals surface area contributed by atoms with Crippen LogP contribution in [-0.2, 0) is 4.79 Å². The molecule has 12 heavy (non-hydrogen) atoms. The third kappa shape index (κ3) is 3.67. The molecule has 0 saturated carbocycles. The number of rotatable bonds is 0. The first-order valence-corrected chi connectivity index (χ1v) is 4.77. The molecule has 2 N–H and O–H groups in total. The van der Waals surface area contributed by atoms with Crippen molar-refractivity contribution in [2.45, 2.75) is 32.1 Å². The molecule has 0 bridgehead atoms. The highest BCUT2D eigenvalue weighted by Gasteiger charge is 2.05. The Labute approximate surface area is 77.9 Å². The Balaban J connectivity index is 2.34. The first-order chi connectivity index (χ1) is 5.79. The van der Waals surface area contributed by atoms with Crippen LogP contribution in [0.3, 0.4) is 0 Å². The Morgan fingerprint density at radius 1 is 1.17 bits per heavy atom. The van der Waals surface area contributed by atoms with E-state index in [4.69, 9.17) is 12.2 Å². The molecule has 4 heteroatoms. The molecular weight excluding hydrogens is 172 g/mol. The lowest BCUT2D eigenvalue weighted by Gasteiger charge is -2.11. The SMILES string of the molecule is O=C1CCCCCCNC(=S)N1. The molecule has 3 nitrogen and oxygen atoms in total. The van der Waals surface area contributed by atoms with Gasteiger partial charge in [0.15, 0.2) is 5.11 Å². The van der Waals surface area contributed by atoms with Gasteiger partial charge in [-0.15, -0.1) is 0 Å². The number of hydrogen-bond donors (Lipinski definition) is 2. The number of thiocarbonyl (C=S) groups is 1. The van der Waals surface area contributed by atoms with Gasteiger partial charge in [-0.25, -0.2) is 0 Å². The van der Waals surface area contributed by atoms with Crippen LogP contribution >= 0.6 is 12.2 Å². The molecule has 1 aliphatic rings. The van der Waals surface area contributed by atoms with E-state index in [0.717, 1.165) is 25.8 Å². The number of carbonyl (C=O) groups excluding carboxylic acids is 1. The molecule has 1 aliphatic heterocycles. The molecule has 0 spiro atoms. The molecule has 1 saturated heterocycles. The van der Waals surface area contributed by atoms with E-state index in [2.05, 4.69) is 10.6 Å². The summed E-state index contributed by atoms with van der Waals surface area (Å²) < 4.78 is 0. The molecule has 0 aromatic heterocycles. The molecule has 0 aromatic rings. The third-order valence-electron chi connectivity index (χ3n) is 1.87. The first kappa shape index (κ1) is 9.45. The van der Waals surface area contributed by atoms with Gasteiger partial charge in [-0.3, -0.25) is 4.79 Å². The fourth-order valence-corrected chi connectivity index (χ4v) is 1.42. The Morgan fingerprint density at radius 3 is 2.75 bits per heavy atom. The Morgan fingerprint density at radius 2 is 1.92 bits per heavy atom. The van der Waals surface area contributed by atoms with Gasteiger partial charge in [-0.1, -0.05) is 12.8 Å². The fourth-order valence-electron chi connectivity index (χ4n) is 1.20. The summed E-state index contributed by atoms with van der Waals surface area (Å²) >= 11 is 4.89. The normalized spacial score (nSPS) is 21.0. The van der Waals surface area contributed by atoms with Crippen LogP contribution in [0.5, 0.6) is 0 Å². The summed E-state index contributed by atoms with van der Waals surface area (Å²) in [4.78, 5) is 11.1. The van der Waals surface area contributed by atoms with E-state index in [0.29, 0.717) is 11.5 Å². The minimum atomic E-state index is 0.0365. The van der Waals surface area contributed by atoms with Crippen molar-refractivity contribution >= 4 is 23.2 Å². The monoisotopic (exact) mass is 186 g/mol. The summed E-state index contributed by atoms with van der Waals surface area (Å²) in [6, 6.07) is 0. The molecule has 1 fully saturated rings. The molecular formula is C8H14N2OS. The molecule has 0 radical (unpaired) electrons. The number of hydrogen-bond acceptors (Lipinski definition) is 2. The highest BCUT2D eigenvalue weighted by molar-refractivity contribution is 7.80. The number of nitrogens with one attached hydrogen (secondary N) is 2.